The first-order valence-electron chi connectivity index (χ1n) is 8.24. The van der Waals surface area contributed by atoms with Crippen LogP contribution in [0.15, 0.2) is 28.7 Å². The Hall–Kier alpha value is -1.07. The van der Waals surface area contributed by atoms with E-state index in [1.807, 2.05) is 37.8 Å². The molecule has 0 aromatic heterocycles. The average Bonchev–Trinajstić information content (AvgIpc) is 2.46. The zero-order chi connectivity index (χ0) is 17.0. The molecule has 0 bridgehead atoms. The van der Waals surface area contributed by atoms with Crippen molar-refractivity contribution in [2.75, 3.05) is 13.1 Å². The van der Waals surface area contributed by atoms with Gasteiger partial charge in [0.1, 0.15) is 5.60 Å². The number of halogens is 1. The Bertz CT molecular complexity index is 542. The Kier molecular flexibility index (Phi) is 6.09. The van der Waals surface area contributed by atoms with Gasteiger partial charge in [-0.15, -0.1) is 0 Å². The van der Waals surface area contributed by atoms with Crippen LogP contribution in [0.3, 0.4) is 0 Å². The molecule has 23 heavy (non-hydrogen) atoms. The van der Waals surface area contributed by atoms with Crippen molar-refractivity contribution in [2.24, 2.45) is 0 Å². The number of piperidine rings is 1. The molecule has 1 amide bonds. The number of benzene rings is 1. The van der Waals surface area contributed by atoms with Crippen molar-refractivity contribution < 1.29 is 9.53 Å². The number of rotatable bonds is 3. The molecule has 0 aliphatic carbocycles. The van der Waals surface area contributed by atoms with Gasteiger partial charge >= 0.3 is 6.09 Å². The molecule has 5 heteroatoms. The number of amides is 1. The zero-order valence-corrected chi connectivity index (χ0v) is 16.0. The van der Waals surface area contributed by atoms with Gasteiger partial charge in [0.25, 0.3) is 0 Å². The summed E-state index contributed by atoms with van der Waals surface area (Å²) in [5.74, 6) is 0. The first kappa shape index (κ1) is 18.3. The lowest BCUT2D eigenvalue weighted by Crippen LogP contribution is -2.49. The highest BCUT2D eigenvalue weighted by atomic mass is 79.9. The van der Waals surface area contributed by atoms with Gasteiger partial charge in [-0.05, 0) is 52.2 Å². The molecule has 0 spiro atoms. The molecule has 2 rings (SSSR count). The monoisotopic (exact) mass is 382 g/mol. The molecule has 1 aliphatic heterocycles. The Labute approximate surface area is 147 Å². The molecule has 0 saturated carbocycles. The second-order valence-electron chi connectivity index (χ2n) is 7.18. The van der Waals surface area contributed by atoms with Crippen LogP contribution in [0.25, 0.3) is 0 Å². The summed E-state index contributed by atoms with van der Waals surface area (Å²) in [7, 11) is 0. The van der Waals surface area contributed by atoms with Crippen LogP contribution in [0.4, 0.5) is 4.79 Å². The van der Waals surface area contributed by atoms with Crippen LogP contribution in [-0.2, 0) is 4.74 Å². The minimum atomic E-state index is -0.445. The highest BCUT2D eigenvalue weighted by Gasteiger charge is 2.28. The van der Waals surface area contributed by atoms with Crippen LogP contribution in [0.2, 0.25) is 0 Å². The average molecular weight is 383 g/mol. The van der Waals surface area contributed by atoms with E-state index in [2.05, 4.69) is 40.3 Å². The van der Waals surface area contributed by atoms with Gasteiger partial charge in [0.05, 0.1) is 0 Å². The van der Waals surface area contributed by atoms with Gasteiger partial charge in [-0.25, -0.2) is 4.79 Å². The maximum Gasteiger partial charge on any atom is 0.410 e. The standard InChI is InChI=1S/C18H27BrN2O2/c1-13(15-9-5-6-10-16(15)19)20-14-8-7-11-21(12-14)17(22)23-18(2,3)4/h5-6,9-10,13-14,20H,7-8,11-12H2,1-4H3/t13-,14?/m0/s1. The summed E-state index contributed by atoms with van der Waals surface area (Å²) in [6.07, 6.45) is 1.87. The highest BCUT2D eigenvalue weighted by molar-refractivity contribution is 9.10. The molecule has 1 N–H and O–H groups in total. The highest BCUT2D eigenvalue weighted by Crippen LogP contribution is 2.24. The summed E-state index contributed by atoms with van der Waals surface area (Å²) < 4.78 is 6.60. The number of nitrogens with one attached hydrogen (secondary N) is 1. The van der Waals surface area contributed by atoms with Gasteiger partial charge < -0.3 is 15.0 Å². The Morgan fingerprint density at radius 2 is 2.09 bits per heavy atom. The van der Waals surface area contributed by atoms with Gasteiger partial charge in [-0.1, -0.05) is 34.1 Å². The largest absolute Gasteiger partial charge is 0.444 e. The summed E-state index contributed by atoms with van der Waals surface area (Å²) in [4.78, 5) is 14.1. The number of carbonyl (C=O) groups is 1. The number of hydrogen-bond donors (Lipinski definition) is 1. The van der Waals surface area contributed by atoms with Crippen molar-refractivity contribution in [2.45, 2.75) is 58.2 Å². The third-order valence-corrected chi connectivity index (χ3v) is 4.65. The SMILES string of the molecule is C[C@H](NC1CCCN(C(=O)OC(C)(C)C)C1)c1ccccc1Br. The molecular formula is C18H27BrN2O2. The molecule has 2 atom stereocenters. The normalized spacial score (nSPS) is 20.2. The molecule has 1 fully saturated rings. The van der Waals surface area contributed by atoms with E-state index in [0.717, 1.165) is 23.9 Å². The molecule has 1 unspecified atom stereocenters. The van der Waals surface area contributed by atoms with Crippen LogP contribution in [0.1, 0.15) is 52.1 Å². The van der Waals surface area contributed by atoms with E-state index in [9.17, 15) is 4.79 Å². The Balaban J connectivity index is 1.94. The van der Waals surface area contributed by atoms with Crippen molar-refractivity contribution in [3.05, 3.63) is 34.3 Å². The fraction of sp³-hybridized carbons (Fsp3) is 0.611. The van der Waals surface area contributed by atoms with Crippen molar-refractivity contribution in [1.82, 2.24) is 10.2 Å². The fourth-order valence-electron chi connectivity index (χ4n) is 2.88. The quantitative estimate of drug-likeness (QED) is 0.836. The zero-order valence-electron chi connectivity index (χ0n) is 14.4. The first-order valence-corrected chi connectivity index (χ1v) is 9.04. The minimum absolute atomic E-state index is 0.211. The van der Waals surface area contributed by atoms with Gasteiger partial charge in [0.15, 0.2) is 0 Å². The van der Waals surface area contributed by atoms with E-state index in [1.54, 1.807) is 0 Å². The lowest BCUT2D eigenvalue weighted by Gasteiger charge is -2.35. The van der Waals surface area contributed by atoms with Crippen molar-refractivity contribution in [1.29, 1.82) is 0 Å². The molecule has 1 heterocycles. The van der Waals surface area contributed by atoms with E-state index in [1.165, 1.54) is 5.56 Å². The maximum atomic E-state index is 12.2. The number of hydrogen-bond acceptors (Lipinski definition) is 3. The third kappa shape index (κ3) is 5.50. The predicted octanol–water partition coefficient (Wildman–Crippen LogP) is 4.50. The molecular weight excluding hydrogens is 356 g/mol. The second kappa shape index (κ2) is 7.67. The number of ether oxygens (including phenoxy) is 1. The van der Waals surface area contributed by atoms with Crippen molar-refractivity contribution in [3.8, 4) is 0 Å². The summed E-state index contributed by atoms with van der Waals surface area (Å²) in [6, 6.07) is 8.77. The van der Waals surface area contributed by atoms with E-state index in [4.69, 9.17) is 4.74 Å². The summed E-state index contributed by atoms with van der Waals surface area (Å²) in [5, 5.41) is 3.64. The molecule has 1 saturated heterocycles. The Morgan fingerprint density at radius 3 is 2.74 bits per heavy atom. The van der Waals surface area contributed by atoms with E-state index < -0.39 is 5.60 Å². The fourth-order valence-corrected chi connectivity index (χ4v) is 3.50. The van der Waals surface area contributed by atoms with Crippen molar-refractivity contribution in [3.63, 3.8) is 0 Å². The van der Waals surface area contributed by atoms with E-state index in [-0.39, 0.29) is 12.1 Å². The van der Waals surface area contributed by atoms with Gasteiger partial charge in [-0.2, -0.15) is 0 Å². The lowest BCUT2D eigenvalue weighted by molar-refractivity contribution is 0.0184. The Morgan fingerprint density at radius 1 is 1.39 bits per heavy atom. The van der Waals surface area contributed by atoms with Gasteiger partial charge in [0.2, 0.25) is 0 Å². The topological polar surface area (TPSA) is 41.6 Å². The summed E-state index contributed by atoms with van der Waals surface area (Å²) >= 11 is 3.61. The minimum Gasteiger partial charge on any atom is -0.444 e. The molecule has 0 radical (unpaired) electrons. The smallest absolute Gasteiger partial charge is 0.410 e. The number of likely N-dealkylation sites (tertiary alicyclic amines) is 1. The van der Waals surface area contributed by atoms with E-state index >= 15 is 0 Å². The van der Waals surface area contributed by atoms with Crippen LogP contribution in [-0.4, -0.2) is 35.7 Å². The molecule has 1 aliphatic rings. The van der Waals surface area contributed by atoms with Crippen LogP contribution in [0.5, 0.6) is 0 Å². The van der Waals surface area contributed by atoms with Gasteiger partial charge in [-0.3, -0.25) is 0 Å². The van der Waals surface area contributed by atoms with Crippen LogP contribution < -0.4 is 5.32 Å². The molecule has 4 nitrogen and oxygen atoms in total. The van der Waals surface area contributed by atoms with Crippen LogP contribution in [0, 0.1) is 0 Å². The van der Waals surface area contributed by atoms with Crippen molar-refractivity contribution >= 4 is 22.0 Å². The molecule has 1 aromatic rings. The molecule has 1 aromatic carbocycles. The summed E-state index contributed by atoms with van der Waals surface area (Å²) in [5.41, 5.74) is 0.793. The lowest BCUT2D eigenvalue weighted by atomic mass is 10.0. The first-order chi connectivity index (χ1) is 10.8. The predicted molar refractivity (Wildman–Crippen MR) is 96.5 cm³/mol. The number of nitrogens with zero attached hydrogens (tertiary/aromatic N) is 1. The second-order valence-corrected chi connectivity index (χ2v) is 8.03. The van der Waals surface area contributed by atoms with E-state index in [0.29, 0.717) is 12.6 Å². The summed E-state index contributed by atoms with van der Waals surface area (Å²) in [6.45, 7) is 9.34. The maximum absolute atomic E-state index is 12.2. The van der Waals surface area contributed by atoms with Gasteiger partial charge in [0, 0.05) is 29.6 Å². The van der Waals surface area contributed by atoms with Crippen LogP contribution >= 0.6 is 15.9 Å². The molecule has 128 valence electrons. The third-order valence-electron chi connectivity index (χ3n) is 3.93. The number of carbonyl (C=O) groups excluding carboxylic acids is 1.